The topological polar surface area (TPSA) is 86.1 Å². The third-order valence-electron chi connectivity index (χ3n) is 3.95. The number of aryl methyl sites for hydroxylation is 1. The van der Waals surface area contributed by atoms with Gasteiger partial charge in [0.15, 0.2) is 10.3 Å². The van der Waals surface area contributed by atoms with Crippen LogP contribution in [0.4, 0.5) is 5.13 Å². The van der Waals surface area contributed by atoms with Crippen molar-refractivity contribution in [3.05, 3.63) is 44.6 Å². The van der Waals surface area contributed by atoms with Gasteiger partial charge in [0.1, 0.15) is 0 Å². The quantitative estimate of drug-likeness (QED) is 0.300. The molecular weight excluding hydrogens is 432 g/mol. The molecule has 0 saturated carbocycles. The number of carbonyl (C=O) groups excluding carboxylic acids is 1. The summed E-state index contributed by atoms with van der Waals surface area (Å²) in [6.07, 6.45) is 0.673. The number of fused-ring (bicyclic) bond motifs is 1. The molecule has 0 spiro atoms. The number of nitrogens with zero attached hydrogens (tertiary/aromatic N) is 3. The maximum atomic E-state index is 13.0. The second-order valence-corrected chi connectivity index (χ2v) is 8.43. The molecule has 29 heavy (non-hydrogen) atoms. The van der Waals surface area contributed by atoms with Gasteiger partial charge in [-0.1, -0.05) is 23.4 Å². The Morgan fingerprint density at radius 2 is 2.21 bits per heavy atom. The van der Waals surface area contributed by atoms with Gasteiger partial charge in [0.2, 0.25) is 5.91 Å². The van der Waals surface area contributed by atoms with Crippen molar-refractivity contribution in [1.29, 1.82) is 0 Å². The zero-order chi connectivity index (χ0) is 20.8. The van der Waals surface area contributed by atoms with Crippen molar-refractivity contribution in [3.8, 4) is 0 Å². The van der Waals surface area contributed by atoms with Gasteiger partial charge in [0, 0.05) is 30.2 Å². The number of ether oxygens (including phenoxy) is 1. The summed E-state index contributed by atoms with van der Waals surface area (Å²) < 4.78 is 6.97. The number of anilines is 1. The molecule has 0 fully saturated rings. The molecule has 3 aromatic rings. The van der Waals surface area contributed by atoms with E-state index in [0.29, 0.717) is 52.4 Å². The lowest BCUT2D eigenvalue weighted by atomic mass is 10.2. The van der Waals surface area contributed by atoms with Crippen LogP contribution < -0.4 is 10.9 Å². The van der Waals surface area contributed by atoms with Crippen LogP contribution in [0.1, 0.15) is 19.0 Å². The number of thioether (sulfide) groups is 1. The van der Waals surface area contributed by atoms with Gasteiger partial charge in [-0.3, -0.25) is 14.2 Å². The number of rotatable bonds is 9. The maximum Gasteiger partial charge on any atom is 0.262 e. The third kappa shape index (κ3) is 5.79. The first kappa shape index (κ1) is 21.8. The highest BCUT2D eigenvalue weighted by Gasteiger charge is 2.14. The molecule has 0 bridgehead atoms. The molecule has 1 N–H and O–H groups in total. The Labute approximate surface area is 181 Å². The van der Waals surface area contributed by atoms with Gasteiger partial charge in [0.25, 0.3) is 5.56 Å². The molecule has 10 heteroatoms. The van der Waals surface area contributed by atoms with Gasteiger partial charge >= 0.3 is 0 Å². The highest BCUT2D eigenvalue weighted by molar-refractivity contribution is 7.99. The highest BCUT2D eigenvalue weighted by Crippen LogP contribution is 2.21. The summed E-state index contributed by atoms with van der Waals surface area (Å²) >= 11 is 8.64. The summed E-state index contributed by atoms with van der Waals surface area (Å²) in [5, 5.41) is 6.67. The summed E-state index contributed by atoms with van der Waals surface area (Å²) in [4.78, 5) is 34.1. The number of amides is 1. The Bertz CT molecular complexity index is 1070. The Morgan fingerprint density at radius 1 is 1.38 bits per heavy atom. The van der Waals surface area contributed by atoms with Crippen LogP contribution in [0.2, 0.25) is 5.02 Å². The van der Waals surface area contributed by atoms with Crippen molar-refractivity contribution in [2.75, 3.05) is 24.3 Å². The lowest BCUT2D eigenvalue weighted by Gasteiger charge is -2.13. The molecule has 1 aromatic carbocycles. The Hall–Kier alpha value is -1.94. The minimum absolute atomic E-state index is 0.114. The number of hydrogen-bond donors (Lipinski definition) is 1. The monoisotopic (exact) mass is 452 g/mol. The Morgan fingerprint density at radius 3 is 2.93 bits per heavy atom. The van der Waals surface area contributed by atoms with Crippen molar-refractivity contribution in [2.24, 2.45) is 0 Å². The molecule has 0 radical (unpaired) electrons. The largest absolute Gasteiger partial charge is 0.382 e. The number of benzene rings is 1. The summed E-state index contributed by atoms with van der Waals surface area (Å²) in [5.41, 5.74) is 1.22. The number of aromatic nitrogens is 3. The summed E-state index contributed by atoms with van der Waals surface area (Å²) in [6, 6.07) is 5.01. The van der Waals surface area contributed by atoms with Gasteiger partial charge in [-0.05, 0) is 38.5 Å². The number of carbonyl (C=O) groups is 1. The lowest BCUT2D eigenvalue weighted by molar-refractivity contribution is -0.113. The smallest absolute Gasteiger partial charge is 0.262 e. The first-order valence-corrected chi connectivity index (χ1v) is 11.3. The van der Waals surface area contributed by atoms with Crippen LogP contribution in [0.3, 0.4) is 0 Å². The SMILES string of the molecule is CCOCCCn1c(SCC(=O)Nc2nc(C)cs2)nc2cc(Cl)ccc2c1=O. The molecule has 0 unspecified atom stereocenters. The first-order chi connectivity index (χ1) is 14.0. The number of nitrogens with one attached hydrogen (secondary N) is 1. The maximum absolute atomic E-state index is 13.0. The van der Waals surface area contributed by atoms with E-state index in [1.165, 1.54) is 23.1 Å². The van der Waals surface area contributed by atoms with E-state index in [9.17, 15) is 9.59 Å². The van der Waals surface area contributed by atoms with Crippen molar-refractivity contribution in [3.63, 3.8) is 0 Å². The van der Waals surface area contributed by atoms with E-state index < -0.39 is 0 Å². The average Bonchev–Trinajstić information content (AvgIpc) is 3.09. The Kier molecular flexibility index (Phi) is 7.65. The van der Waals surface area contributed by atoms with Crippen molar-refractivity contribution >= 4 is 56.6 Å². The van der Waals surface area contributed by atoms with Crippen LogP contribution >= 0.6 is 34.7 Å². The normalized spacial score (nSPS) is 11.1. The molecule has 0 aliphatic carbocycles. The van der Waals surface area contributed by atoms with E-state index in [1.807, 2.05) is 19.2 Å². The Balaban J connectivity index is 1.81. The molecular formula is C19H21ClN4O3S2. The molecule has 0 atom stereocenters. The van der Waals surface area contributed by atoms with Crippen LogP contribution in [-0.4, -0.2) is 39.4 Å². The second kappa shape index (κ2) is 10.2. The van der Waals surface area contributed by atoms with Crippen LogP contribution in [-0.2, 0) is 16.1 Å². The molecule has 0 aliphatic rings. The number of thiazole rings is 1. The predicted molar refractivity (Wildman–Crippen MR) is 118 cm³/mol. The molecule has 3 rings (SSSR count). The molecule has 2 aromatic heterocycles. The van der Waals surface area contributed by atoms with E-state index in [0.717, 1.165) is 5.69 Å². The van der Waals surface area contributed by atoms with Gasteiger partial charge in [-0.2, -0.15) is 0 Å². The standard InChI is InChI=1S/C19H21ClN4O3S2/c1-3-27-8-4-7-24-17(26)14-6-5-13(20)9-15(14)22-19(24)29-11-16(25)23-18-21-12(2)10-28-18/h5-6,9-10H,3-4,7-8,11H2,1-2H3,(H,21,23,25). The van der Waals surface area contributed by atoms with Crippen LogP contribution in [0, 0.1) is 6.92 Å². The van der Waals surface area contributed by atoms with E-state index >= 15 is 0 Å². The summed E-state index contributed by atoms with van der Waals surface area (Å²) in [6.45, 7) is 5.43. The van der Waals surface area contributed by atoms with Crippen LogP contribution in [0.25, 0.3) is 10.9 Å². The minimum atomic E-state index is -0.203. The fraction of sp³-hybridized carbons (Fsp3) is 0.368. The van der Waals surface area contributed by atoms with Gasteiger partial charge < -0.3 is 10.1 Å². The average molecular weight is 453 g/mol. The summed E-state index contributed by atoms with van der Waals surface area (Å²) in [7, 11) is 0. The van der Waals surface area contributed by atoms with Gasteiger partial charge in [-0.15, -0.1) is 11.3 Å². The molecule has 2 heterocycles. The minimum Gasteiger partial charge on any atom is -0.382 e. The van der Waals surface area contributed by atoms with Crippen LogP contribution in [0.15, 0.2) is 33.5 Å². The zero-order valence-electron chi connectivity index (χ0n) is 16.1. The fourth-order valence-corrected chi connectivity index (χ4v) is 4.34. The van der Waals surface area contributed by atoms with Crippen molar-refractivity contribution < 1.29 is 9.53 Å². The van der Waals surface area contributed by atoms with Gasteiger partial charge in [0.05, 0.1) is 22.3 Å². The fourth-order valence-electron chi connectivity index (χ4n) is 2.65. The zero-order valence-corrected chi connectivity index (χ0v) is 18.5. The lowest BCUT2D eigenvalue weighted by Crippen LogP contribution is -2.25. The third-order valence-corrected chi connectivity index (χ3v) is 6.04. The van der Waals surface area contributed by atoms with Crippen LogP contribution in [0.5, 0.6) is 0 Å². The van der Waals surface area contributed by atoms with Crippen molar-refractivity contribution in [2.45, 2.75) is 32.0 Å². The first-order valence-electron chi connectivity index (χ1n) is 9.10. The highest BCUT2D eigenvalue weighted by atomic mass is 35.5. The molecule has 0 aliphatic heterocycles. The molecule has 154 valence electrons. The summed E-state index contributed by atoms with van der Waals surface area (Å²) in [5.74, 6) is -0.0894. The molecule has 0 saturated heterocycles. The van der Waals surface area contributed by atoms with Gasteiger partial charge in [-0.25, -0.2) is 9.97 Å². The number of hydrogen-bond acceptors (Lipinski definition) is 7. The molecule has 1 amide bonds. The second-order valence-electron chi connectivity index (χ2n) is 6.19. The van der Waals surface area contributed by atoms with E-state index in [4.69, 9.17) is 16.3 Å². The van der Waals surface area contributed by atoms with E-state index in [2.05, 4.69) is 15.3 Å². The predicted octanol–water partition coefficient (Wildman–Crippen LogP) is 3.97. The molecule has 7 nitrogen and oxygen atoms in total. The van der Waals surface area contributed by atoms with E-state index in [-0.39, 0.29) is 17.2 Å². The van der Waals surface area contributed by atoms with E-state index in [1.54, 1.807) is 22.8 Å². The van der Waals surface area contributed by atoms with Crippen molar-refractivity contribution in [1.82, 2.24) is 14.5 Å². The number of halogens is 1.